The largest absolute Gasteiger partial charge is 0.379 e. The van der Waals surface area contributed by atoms with Crippen LogP contribution in [0, 0.1) is 5.41 Å². The van der Waals surface area contributed by atoms with Crippen LogP contribution in [0.5, 0.6) is 0 Å². The smallest absolute Gasteiger partial charge is 0.0593 e. The topological polar surface area (TPSA) is 28.6 Å². The molecule has 0 amide bonds. The Bertz CT molecular complexity index is 633. The molecule has 2 aliphatic rings. The minimum Gasteiger partial charge on any atom is -0.379 e. The van der Waals surface area contributed by atoms with E-state index in [1.165, 1.54) is 17.8 Å². The fraction of sp³-hybridized carbons (Fsp3) is 0.526. The first-order valence-corrected chi connectivity index (χ1v) is 9.64. The van der Waals surface area contributed by atoms with Crippen LogP contribution in [-0.2, 0) is 17.8 Å². The molecule has 128 valence electrons. The van der Waals surface area contributed by atoms with Gasteiger partial charge in [0.1, 0.15) is 0 Å². The van der Waals surface area contributed by atoms with E-state index in [4.69, 9.17) is 4.74 Å². The van der Waals surface area contributed by atoms with E-state index in [9.17, 15) is 0 Å². The number of nitrogens with zero attached hydrogens (tertiary/aromatic N) is 3. The van der Waals surface area contributed by atoms with Gasteiger partial charge in [0.05, 0.1) is 18.9 Å². The van der Waals surface area contributed by atoms with Crippen molar-refractivity contribution in [2.75, 3.05) is 39.4 Å². The molecular weight excluding hydrogens is 318 g/mol. The number of hydrogen-bond acceptors (Lipinski definition) is 5. The summed E-state index contributed by atoms with van der Waals surface area (Å²) in [6.45, 7) is 8.18. The third kappa shape index (κ3) is 3.86. The second-order valence-electron chi connectivity index (χ2n) is 7.12. The van der Waals surface area contributed by atoms with Gasteiger partial charge in [-0.1, -0.05) is 12.1 Å². The van der Waals surface area contributed by atoms with Crippen LogP contribution in [0.3, 0.4) is 0 Å². The van der Waals surface area contributed by atoms with Crippen molar-refractivity contribution in [3.63, 3.8) is 0 Å². The van der Waals surface area contributed by atoms with Gasteiger partial charge in [0.25, 0.3) is 0 Å². The van der Waals surface area contributed by atoms with Gasteiger partial charge in [0.15, 0.2) is 0 Å². The van der Waals surface area contributed by atoms with Crippen LogP contribution >= 0.6 is 11.3 Å². The van der Waals surface area contributed by atoms with Crippen molar-refractivity contribution < 1.29 is 4.74 Å². The predicted octanol–water partition coefficient (Wildman–Crippen LogP) is 2.87. The number of hydrogen-bond donors (Lipinski definition) is 0. The highest BCUT2D eigenvalue weighted by Gasteiger charge is 2.41. The number of rotatable bonds is 4. The summed E-state index contributed by atoms with van der Waals surface area (Å²) in [5, 5.41) is 2.17. The second-order valence-corrected chi connectivity index (χ2v) is 8.16. The van der Waals surface area contributed by atoms with Crippen molar-refractivity contribution in [1.82, 2.24) is 14.8 Å². The van der Waals surface area contributed by atoms with Gasteiger partial charge in [-0.3, -0.25) is 14.8 Å². The summed E-state index contributed by atoms with van der Waals surface area (Å²) in [5.74, 6) is 0. The maximum atomic E-state index is 6.00. The molecule has 0 saturated carbocycles. The molecule has 0 aliphatic carbocycles. The molecule has 4 heterocycles. The Morgan fingerprint density at radius 2 is 2.00 bits per heavy atom. The number of likely N-dealkylation sites (tertiary alicyclic amines) is 1. The van der Waals surface area contributed by atoms with Gasteiger partial charge in [-0.15, -0.1) is 11.3 Å². The van der Waals surface area contributed by atoms with Crippen LogP contribution in [0.2, 0.25) is 0 Å². The van der Waals surface area contributed by atoms with E-state index >= 15 is 0 Å². The van der Waals surface area contributed by atoms with E-state index < -0.39 is 0 Å². The fourth-order valence-electron chi connectivity index (χ4n) is 3.97. The second kappa shape index (κ2) is 7.31. The molecule has 0 radical (unpaired) electrons. The predicted molar refractivity (Wildman–Crippen MR) is 97.0 cm³/mol. The van der Waals surface area contributed by atoms with Crippen LogP contribution in [0.15, 0.2) is 41.9 Å². The lowest BCUT2D eigenvalue weighted by Gasteiger charge is -2.31. The van der Waals surface area contributed by atoms with Gasteiger partial charge in [-0.25, -0.2) is 0 Å². The van der Waals surface area contributed by atoms with Gasteiger partial charge in [-0.05, 0) is 36.5 Å². The summed E-state index contributed by atoms with van der Waals surface area (Å²) in [4.78, 5) is 11.1. The van der Waals surface area contributed by atoms with Crippen LogP contribution in [0.25, 0.3) is 0 Å². The molecule has 4 rings (SSSR count). The van der Waals surface area contributed by atoms with Gasteiger partial charge in [0, 0.05) is 49.2 Å². The summed E-state index contributed by atoms with van der Waals surface area (Å²) >= 11 is 1.86. The van der Waals surface area contributed by atoms with Crippen molar-refractivity contribution in [1.29, 1.82) is 0 Å². The lowest BCUT2D eigenvalue weighted by atomic mass is 9.87. The number of ether oxygens (including phenoxy) is 1. The molecule has 4 nitrogen and oxygen atoms in total. The Morgan fingerprint density at radius 3 is 2.79 bits per heavy atom. The zero-order valence-corrected chi connectivity index (χ0v) is 14.9. The zero-order valence-electron chi connectivity index (χ0n) is 14.1. The van der Waals surface area contributed by atoms with Crippen LogP contribution in [-0.4, -0.2) is 54.2 Å². The van der Waals surface area contributed by atoms with E-state index in [-0.39, 0.29) is 5.41 Å². The normalized spacial score (nSPS) is 26.0. The molecular formula is C19H25N3OS. The molecule has 0 unspecified atom stereocenters. The Kier molecular flexibility index (Phi) is 4.94. The first-order chi connectivity index (χ1) is 11.8. The van der Waals surface area contributed by atoms with Crippen molar-refractivity contribution in [3.8, 4) is 0 Å². The van der Waals surface area contributed by atoms with E-state index in [1.54, 1.807) is 0 Å². The summed E-state index contributed by atoms with van der Waals surface area (Å²) in [7, 11) is 0. The first kappa shape index (κ1) is 16.2. The molecule has 2 aromatic heterocycles. The molecule has 2 aliphatic heterocycles. The van der Waals surface area contributed by atoms with Gasteiger partial charge >= 0.3 is 0 Å². The highest BCUT2D eigenvalue weighted by molar-refractivity contribution is 7.09. The van der Waals surface area contributed by atoms with E-state index in [2.05, 4.69) is 44.4 Å². The SMILES string of the molecule is c1ccc(CN2CCOC[C@]3(CCN(Cc4cccs4)C3)C2)nc1. The third-order valence-corrected chi connectivity index (χ3v) is 5.97. The fourth-order valence-corrected chi connectivity index (χ4v) is 4.72. The zero-order chi connectivity index (χ0) is 16.2. The number of pyridine rings is 1. The Labute approximate surface area is 148 Å². The molecule has 1 spiro atoms. The average Bonchev–Trinajstić information content (AvgIpc) is 3.19. The maximum absolute atomic E-state index is 6.00. The van der Waals surface area contributed by atoms with Crippen LogP contribution in [0.1, 0.15) is 17.0 Å². The van der Waals surface area contributed by atoms with Crippen molar-refractivity contribution >= 4 is 11.3 Å². The highest BCUT2D eigenvalue weighted by atomic mass is 32.1. The Hall–Kier alpha value is -1.27. The quantitative estimate of drug-likeness (QED) is 0.853. The summed E-state index contributed by atoms with van der Waals surface area (Å²) in [5.41, 5.74) is 1.44. The molecule has 0 N–H and O–H groups in total. The van der Waals surface area contributed by atoms with E-state index in [1.807, 2.05) is 23.6 Å². The lowest BCUT2D eigenvalue weighted by molar-refractivity contribution is 0.0707. The molecule has 5 heteroatoms. The summed E-state index contributed by atoms with van der Waals surface area (Å²) < 4.78 is 6.00. The average molecular weight is 343 g/mol. The lowest BCUT2D eigenvalue weighted by Crippen LogP contribution is -2.40. The first-order valence-electron chi connectivity index (χ1n) is 8.76. The minimum atomic E-state index is 0.280. The minimum absolute atomic E-state index is 0.280. The Balaban J connectivity index is 1.40. The van der Waals surface area contributed by atoms with Crippen molar-refractivity contribution in [2.45, 2.75) is 19.5 Å². The van der Waals surface area contributed by atoms with E-state index in [0.29, 0.717) is 0 Å². The van der Waals surface area contributed by atoms with Crippen LogP contribution in [0.4, 0.5) is 0 Å². The standard InChI is InChI=1S/C19H25N3OS/c1-2-7-20-17(4-1)12-22-9-10-23-16-19(15-22)6-8-21(14-19)13-18-5-3-11-24-18/h1-5,7,11H,6,8-10,12-16H2/t19-/m0/s1. The van der Waals surface area contributed by atoms with E-state index in [0.717, 1.165) is 51.6 Å². The van der Waals surface area contributed by atoms with Gasteiger partial charge < -0.3 is 4.74 Å². The van der Waals surface area contributed by atoms with Crippen molar-refractivity contribution in [2.24, 2.45) is 5.41 Å². The number of aromatic nitrogens is 1. The molecule has 1 atom stereocenters. The number of thiophene rings is 1. The van der Waals surface area contributed by atoms with Gasteiger partial charge in [-0.2, -0.15) is 0 Å². The summed E-state index contributed by atoms with van der Waals surface area (Å²) in [6.07, 6.45) is 3.12. The molecule has 0 bridgehead atoms. The summed E-state index contributed by atoms with van der Waals surface area (Å²) in [6, 6.07) is 10.6. The van der Waals surface area contributed by atoms with Crippen LogP contribution < -0.4 is 0 Å². The molecule has 24 heavy (non-hydrogen) atoms. The molecule has 2 fully saturated rings. The van der Waals surface area contributed by atoms with Crippen molar-refractivity contribution in [3.05, 3.63) is 52.5 Å². The Morgan fingerprint density at radius 1 is 1.08 bits per heavy atom. The highest BCUT2D eigenvalue weighted by Crippen LogP contribution is 2.34. The monoisotopic (exact) mass is 343 g/mol. The molecule has 0 aromatic carbocycles. The molecule has 2 saturated heterocycles. The van der Waals surface area contributed by atoms with Gasteiger partial charge in [0.2, 0.25) is 0 Å². The molecule has 2 aromatic rings. The third-order valence-electron chi connectivity index (χ3n) is 5.11. The maximum Gasteiger partial charge on any atom is 0.0593 e.